The van der Waals surface area contributed by atoms with E-state index in [1.165, 1.54) is 6.07 Å². The Morgan fingerprint density at radius 1 is 1.23 bits per heavy atom. The molecular formula is C8H3FNNaO2. The Morgan fingerprint density at radius 3 is 2.62 bits per heavy atom. The number of hydrogen-bond acceptors (Lipinski definition) is 2. The van der Waals surface area contributed by atoms with Gasteiger partial charge in [-0.2, -0.15) is 0 Å². The molecule has 0 aliphatic carbocycles. The van der Waals surface area contributed by atoms with E-state index < -0.39 is 17.5 Å². The summed E-state index contributed by atoms with van der Waals surface area (Å²) in [6, 6.07) is 3.49. The van der Waals surface area contributed by atoms with E-state index in [0.717, 1.165) is 12.1 Å². The molecule has 0 atom stereocenters. The Hall–Kier alpha value is -0.710. The summed E-state index contributed by atoms with van der Waals surface area (Å²) in [5, 5.41) is 3.42. The molecular weight excluding hydrogens is 184 g/mol. The van der Waals surface area contributed by atoms with Gasteiger partial charge >= 0.3 is 29.6 Å². The van der Waals surface area contributed by atoms with Gasteiger partial charge in [-0.1, -0.05) is 6.07 Å². The van der Waals surface area contributed by atoms with Gasteiger partial charge in [-0.15, -0.1) is 5.69 Å². The van der Waals surface area contributed by atoms with Gasteiger partial charge in [0.05, 0.1) is 0 Å². The van der Waals surface area contributed by atoms with Crippen molar-refractivity contribution in [1.29, 1.82) is 0 Å². The van der Waals surface area contributed by atoms with Crippen LogP contribution < -0.4 is 29.6 Å². The minimum Gasteiger partial charge on any atom is -0.619 e. The van der Waals surface area contributed by atoms with E-state index in [9.17, 15) is 14.0 Å². The third kappa shape index (κ3) is 1.65. The molecule has 1 aromatic carbocycles. The number of hydrogen-bond donors (Lipinski definition) is 0. The van der Waals surface area contributed by atoms with Gasteiger partial charge in [-0.25, -0.2) is 4.39 Å². The Kier molecular flexibility index (Phi) is 2.85. The SMILES string of the molecule is O=C1[N-]c2ccc(F)cc2C1=O.[Na+]. The van der Waals surface area contributed by atoms with E-state index in [2.05, 4.69) is 5.32 Å². The van der Waals surface area contributed by atoms with Crippen LogP contribution in [0.3, 0.4) is 0 Å². The van der Waals surface area contributed by atoms with Crippen LogP contribution in [0.15, 0.2) is 18.2 Å². The van der Waals surface area contributed by atoms with Gasteiger partial charge in [0.15, 0.2) is 0 Å². The first-order valence-corrected chi connectivity index (χ1v) is 3.28. The zero-order valence-electron chi connectivity index (χ0n) is 6.87. The molecule has 0 aromatic heterocycles. The zero-order chi connectivity index (χ0) is 8.72. The molecule has 0 unspecified atom stereocenters. The third-order valence-corrected chi connectivity index (χ3v) is 1.62. The minimum atomic E-state index is -0.824. The van der Waals surface area contributed by atoms with Gasteiger partial charge in [-0.05, 0) is 12.1 Å². The first kappa shape index (κ1) is 10.4. The van der Waals surface area contributed by atoms with Crippen LogP contribution in [0, 0.1) is 5.82 Å². The average molecular weight is 187 g/mol. The summed E-state index contributed by atoms with van der Waals surface area (Å²) >= 11 is 0. The number of carbonyl (C=O) groups excluding carboxylic acids is 2. The van der Waals surface area contributed by atoms with E-state index in [-0.39, 0.29) is 40.8 Å². The molecule has 13 heavy (non-hydrogen) atoms. The first-order chi connectivity index (χ1) is 5.68. The van der Waals surface area contributed by atoms with Crippen molar-refractivity contribution < 1.29 is 43.5 Å². The molecule has 60 valence electrons. The molecule has 1 heterocycles. The van der Waals surface area contributed by atoms with Crippen molar-refractivity contribution in [1.82, 2.24) is 0 Å². The second kappa shape index (κ2) is 3.57. The zero-order valence-corrected chi connectivity index (χ0v) is 8.87. The van der Waals surface area contributed by atoms with Crippen molar-refractivity contribution >= 4 is 17.4 Å². The van der Waals surface area contributed by atoms with Crippen LogP contribution >= 0.6 is 0 Å². The smallest absolute Gasteiger partial charge is 0.619 e. The maximum Gasteiger partial charge on any atom is 1.00 e. The molecule has 1 aliphatic heterocycles. The van der Waals surface area contributed by atoms with E-state index >= 15 is 0 Å². The fraction of sp³-hybridized carbons (Fsp3) is 0. The summed E-state index contributed by atoms with van der Waals surface area (Å²) in [6.07, 6.45) is 0. The maximum atomic E-state index is 12.6. The predicted octanol–water partition coefficient (Wildman–Crippen LogP) is -1.44. The summed E-state index contributed by atoms with van der Waals surface area (Å²) in [5.74, 6) is -2.09. The van der Waals surface area contributed by atoms with Gasteiger partial charge in [0.25, 0.3) is 0 Å². The monoisotopic (exact) mass is 187 g/mol. The van der Waals surface area contributed by atoms with Crippen molar-refractivity contribution in [3.8, 4) is 0 Å². The van der Waals surface area contributed by atoms with E-state index in [1.807, 2.05) is 0 Å². The van der Waals surface area contributed by atoms with Gasteiger partial charge in [-0.3, -0.25) is 4.79 Å². The van der Waals surface area contributed by atoms with Crippen molar-refractivity contribution in [2.75, 3.05) is 0 Å². The van der Waals surface area contributed by atoms with Crippen LogP contribution in [0.5, 0.6) is 0 Å². The summed E-state index contributed by atoms with van der Waals surface area (Å²) in [6.45, 7) is 0. The number of ketones is 1. The molecule has 2 rings (SSSR count). The Morgan fingerprint density at radius 2 is 1.92 bits per heavy atom. The van der Waals surface area contributed by atoms with E-state index in [1.54, 1.807) is 0 Å². The fourth-order valence-corrected chi connectivity index (χ4v) is 1.06. The molecule has 0 N–H and O–H groups in total. The Labute approximate surface area is 95.6 Å². The summed E-state index contributed by atoms with van der Waals surface area (Å²) in [4.78, 5) is 21.6. The van der Waals surface area contributed by atoms with Gasteiger partial charge in [0.1, 0.15) is 11.7 Å². The standard InChI is InChI=1S/C8H4FNO2.Na/c9-4-1-2-6-5(3-4)7(11)8(12)10-6;/h1-3H,(H,10,11,12);/q;+1/p-1. The van der Waals surface area contributed by atoms with Gasteiger partial charge in [0.2, 0.25) is 5.78 Å². The molecule has 5 heteroatoms. The van der Waals surface area contributed by atoms with Crippen LogP contribution in [0.1, 0.15) is 10.4 Å². The number of rotatable bonds is 0. The van der Waals surface area contributed by atoms with E-state index in [4.69, 9.17) is 0 Å². The second-order valence-corrected chi connectivity index (χ2v) is 2.41. The predicted molar refractivity (Wildman–Crippen MR) is 38.8 cm³/mol. The number of halogens is 1. The number of Topliss-reactive ketones (excluding diaryl/α,β-unsaturated/α-hetero) is 1. The second-order valence-electron chi connectivity index (χ2n) is 2.41. The Balaban J connectivity index is 0.000000845. The summed E-state index contributed by atoms with van der Waals surface area (Å²) in [5.41, 5.74) is 0.311. The normalized spacial score (nSPS) is 13.3. The summed E-state index contributed by atoms with van der Waals surface area (Å²) in [7, 11) is 0. The van der Waals surface area contributed by atoms with Crippen LogP contribution in [-0.2, 0) is 4.79 Å². The molecule has 0 spiro atoms. The minimum absolute atomic E-state index is 0. The number of nitrogens with zero attached hydrogens (tertiary/aromatic N) is 1. The van der Waals surface area contributed by atoms with Crippen LogP contribution in [0.25, 0.3) is 5.32 Å². The van der Waals surface area contributed by atoms with Crippen LogP contribution in [-0.4, -0.2) is 11.7 Å². The van der Waals surface area contributed by atoms with Crippen LogP contribution in [0.4, 0.5) is 10.1 Å². The first-order valence-electron chi connectivity index (χ1n) is 3.28. The van der Waals surface area contributed by atoms with Crippen molar-refractivity contribution in [2.45, 2.75) is 0 Å². The Bertz CT molecular complexity index is 392. The number of amides is 1. The molecule has 1 aliphatic rings. The molecule has 1 aromatic rings. The number of benzene rings is 1. The van der Waals surface area contributed by atoms with Crippen molar-refractivity contribution in [3.05, 3.63) is 34.9 Å². The molecule has 3 nitrogen and oxygen atoms in total. The molecule has 0 saturated heterocycles. The quantitative estimate of drug-likeness (QED) is 0.369. The number of fused-ring (bicyclic) bond motifs is 1. The third-order valence-electron chi connectivity index (χ3n) is 1.62. The molecule has 0 saturated carbocycles. The number of carbonyl (C=O) groups is 2. The topological polar surface area (TPSA) is 48.2 Å². The molecule has 0 fully saturated rings. The van der Waals surface area contributed by atoms with Gasteiger partial charge in [0, 0.05) is 5.56 Å². The molecule has 1 amide bonds. The van der Waals surface area contributed by atoms with Crippen molar-refractivity contribution in [3.63, 3.8) is 0 Å². The largest absolute Gasteiger partial charge is 1.00 e. The molecule has 0 radical (unpaired) electrons. The maximum absolute atomic E-state index is 12.6. The fourth-order valence-electron chi connectivity index (χ4n) is 1.06. The van der Waals surface area contributed by atoms with Gasteiger partial charge < -0.3 is 10.1 Å². The van der Waals surface area contributed by atoms with Crippen LogP contribution in [0.2, 0.25) is 0 Å². The van der Waals surface area contributed by atoms with E-state index in [0.29, 0.717) is 0 Å². The average Bonchev–Trinajstić information content (AvgIpc) is 2.31. The molecule has 0 bridgehead atoms. The van der Waals surface area contributed by atoms with Crippen molar-refractivity contribution in [2.24, 2.45) is 0 Å². The summed E-state index contributed by atoms with van der Waals surface area (Å²) < 4.78 is 12.6.